The quantitative estimate of drug-likeness (QED) is 0.773. The lowest BCUT2D eigenvalue weighted by molar-refractivity contribution is 1.00. The lowest BCUT2D eigenvalue weighted by atomic mass is 10.1. The van der Waals surface area contributed by atoms with Gasteiger partial charge in [0.2, 0.25) is 0 Å². The molecular formula is C12H11ClN2. The fourth-order valence-corrected chi connectivity index (χ4v) is 1.43. The van der Waals surface area contributed by atoms with Crippen molar-refractivity contribution in [2.24, 2.45) is 0 Å². The van der Waals surface area contributed by atoms with Crippen LogP contribution in [0.2, 0.25) is 5.02 Å². The van der Waals surface area contributed by atoms with Crippen molar-refractivity contribution in [1.82, 2.24) is 9.97 Å². The third-order valence-electron chi connectivity index (χ3n) is 2.21. The largest absolute Gasteiger partial charge is 0.257 e. The summed E-state index contributed by atoms with van der Waals surface area (Å²) < 4.78 is 0. The molecule has 0 aliphatic carbocycles. The zero-order valence-electron chi connectivity index (χ0n) is 8.44. The number of hydrogen-bond acceptors (Lipinski definition) is 2. The summed E-state index contributed by atoms with van der Waals surface area (Å²) in [4.78, 5) is 8.64. The van der Waals surface area contributed by atoms with Gasteiger partial charge < -0.3 is 0 Å². The average molecular weight is 219 g/mol. The van der Waals surface area contributed by atoms with Crippen molar-refractivity contribution in [3.8, 4) is 11.3 Å². The van der Waals surface area contributed by atoms with E-state index in [2.05, 4.69) is 16.9 Å². The van der Waals surface area contributed by atoms with Crippen LogP contribution in [0.1, 0.15) is 12.6 Å². The van der Waals surface area contributed by atoms with Gasteiger partial charge in [-0.05, 0) is 18.6 Å². The van der Waals surface area contributed by atoms with E-state index in [0.29, 0.717) is 0 Å². The van der Waals surface area contributed by atoms with E-state index in [-0.39, 0.29) is 0 Å². The molecule has 0 atom stereocenters. The van der Waals surface area contributed by atoms with Gasteiger partial charge in [0.05, 0.1) is 17.6 Å². The topological polar surface area (TPSA) is 25.8 Å². The normalized spacial score (nSPS) is 10.3. The fraction of sp³-hybridized carbons (Fsp3) is 0.167. The summed E-state index contributed by atoms with van der Waals surface area (Å²) in [6.45, 7) is 2.06. The molecule has 0 unspecified atom stereocenters. The molecule has 2 rings (SSSR count). The van der Waals surface area contributed by atoms with Crippen molar-refractivity contribution in [1.29, 1.82) is 0 Å². The van der Waals surface area contributed by atoms with E-state index in [1.807, 2.05) is 30.5 Å². The van der Waals surface area contributed by atoms with Gasteiger partial charge in [0, 0.05) is 16.8 Å². The van der Waals surface area contributed by atoms with Gasteiger partial charge in [-0.3, -0.25) is 9.97 Å². The molecule has 0 spiro atoms. The predicted octanol–water partition coefficient (Wildman–Crippen LogP) is 3.36. The molecule has 0 bridgehead atoms. The summed E-state index contributed by atoms with van der Waals surface area (Å²) in [7, 11) is 0. The SMILES string of the molecule is CCc1cnc(-c2ccc(Cl)cc2)cn1. The molecule has 0 amide bonds. The highest BCUT2D eigenvalue weighted by atomic mass is 35.5. The van der Waals surface area contributed by atoms with Crippen LogP contribution in [0, 0.1) is 0 Å². The first-order valence-electron chi connectivity index (χ1n) is 4.86. The number of aryl methyl sites for hydroxylation is 1. The van der Waals surface area contributed by atoms with Crippen molar-refractivity contribution in [2.45, 2.75) is 13.3 Å². The van der Waals surface area contributed by atoms with E-state index in [1.165, 1.54) is 0 Å². The number of aromatic nitrogens is 2. The van der Waals surface area contributed by atoms with Crippen molar-refractivity contribution in [2.75, 3.05) is 0 Å². The number of halogens is 1. The standard InChI is InChI=1S/C12H11ClN2/c1-2-11-7-15-12(8-14-11)9-3-5-10(13)6-4-9/h3-8H,2H2,1H3. The van der Waals surface area contributed by atoms with E-state index >= 15 is 0 Å². The second-order valence-electron chi connectivity index (χ2n) is 3.25. The van der Waals surface area contributed by atoms with Gasteiger partial charge in [-0.2, -0.15) is 0 Å². The summed E-state index contributed by atoms with van der Waals surface area (Å²) in [5.74, 6) is 0. The molecule has 15 heavy (non-hydrogen) atoms. The Morgan fingerprint density at radius 2 is 1.80 bits per heavy atom. The van der Waals surface area contributed by atoms with E-state index < -0.39 is 0 Å². The minimum absolute atomic E-state index is 0.733. The fourth-order valence-electron chi connectivity index (χ4n) is 1.31. The van der Waals surface area contributed by atoms with Gasteiger partial charge in [-0.1, -0.05) is 30.7 Å². The Morgan fingerprint density at radius 1 is 1.07 bits per heavy atom. The Hall–Kier alpha value is -1.41. The Bertz CT molecular complexity index is 434. The summed E-state index contributed by atoms with van der Waals surface area (Å²) in [5.41, 5.74) is 2.92. The molecule has 0 N–H and O–H groups in total. The van der Waals surface area contributed by atoms with Crippen LogP contribution in [0.25, 0.3) is 11.3 Å². The maximum Gasteiger partial charge on any atom is 0.0885 e. The lowest BCUT2D eigenvalue weighted by Gasteiger charge is -2.01. The van der Waals surface area contributed by atoms with Crippen molar-refractivity contribution >= 4 is 11.6 Å². The first-order valence-corrected chi connectivity index (χ1v) is 5.24. The van der Waals surface area contributed by atoms with Crippen molar-refractivity contribution in [3.63, 3.8) is 0 Å². The zero-order valence-corrected chi connectivity index (χ0v) is 9.20. The Morgan fingerprint density at radius 3 is 2.33 bits per heavy atom. The summed E-state index contributed by atoms with van der Waals surface area (Å²) >= 11 is 5.81. The van der Waals surface area contributed by atoms with Crippen molar-refractivity contribution < 1.29 is 0 Å². The molecule has 76 valence electrons. The van der Waals surface area contributed by atoms with Crippen LogP contribution >= 0.6 is 11.6 Å². The molecule has 0 aliphatic heterocycles. The maximum absolute atomic E-state index is 5.81. The minimum Gasteiger partial charge on any atom is -0.257 e. The molecule has 0 saturated carbocycles. The van der Waals surface area contributed by atoms with Gasteiger partial charge in [-0.15, -0.1) is 0 Å². The first kappa shape index (κ1) is 10.1. The minimum atomic E-state index is 0.733. The molecule has 0 radical (unpaired) electrons. The third-order valence-corrected chi connectivity index (χ3v) is 2.46. The van der Waals surface area contributed by atoms with Crippen LogP contribution in [-0.2, 0) is 6.42 Å². The number of nitrogens with zero attached hydrogens (tertiary/aromatic N) is 2. The molecule has 1 aromatic carbocycles. The average Bonchev–Trinajstić information content (AvgIpc) is 2.30. The maximum atomic E-state index is 5.81. The highest BCUT2D eigenvalue weighted by Crippen LogP contribution is 2.18. The smallest absolute Gasteiger partial charge is 0.0885 e. The monoisotopic (exact) mass is 218 g/mol. The van der Waals surface area contributed by atoms with Crippen LogP contribution in [0.5, 0.6) is 0 Å². The van der Waals surface area contributed by atoms with Crippen LogP contribution < -0.4 is 0 Å². The van der Waals surface area contributed by atoms with Crippen LogP contribution in [0.3, 0.4) is 0 Å². The molecular weight excluding hydrogens is 208 g/mol. The van der Waals surface area contributed by atoms with E-state index in [1.54, 1.807) is 6.20 Å². The predicted molar refractivity (Wildman–Crippen MR) is 61.9 cm³/mol. The second kappa shape index (κ2) is 4.41. The number of hydrogen-bond donors (Lipinski definition) is 0. The van der Waals surface area contributed by atoms with Crippen LogP contribution in [0.15, 0.2) is 36.7 Å². The Labute approximate surface area is 94.0 Å². The molecule has 0 saturated heterocycles. The van der Waals surface area contributed by atoms with Crippen LogP contribution in [0.4, 0.5) is 0 Å². The van der Waals surface area contributed by atoms with Gasteiger partial charge in [0.1, 0.15) is 0 Å². The summed E-state index contributed by atoms with van der Waals surface area (Å²) in [5, 5.41) is 0.733. The summed E-state index contributed by atoms with van der Waals surface area (Å²) in [6, 6.07) is 7.59. The van der Waals surface area contributed by atoms with Crippen molar-refractivity contribution in [3.05, 3.63) is 47.4 Å². The lowest BCUT2D eigenvalue weighted by Crippen LogP contribution is -1.90. The Balaban J connectivity index is 2.33. The van der Waals surface area contributed by atoms with Gasteiger partial charge in [0.25, 0.3) is 0 Å². The van der Waals surface area contributed by atoms with E-state index in [4.69, 9.17) is 11.6 Å². The summed E-state index contributed by atoms with van der Waals surface area (Å²) in [6.07, 6.45) is 4.51. The highest BCUT2D eigenvalue weighted by molar-refractivity contribution is 6.30. The molecule has 0 fully saturated rings. The third kappa shape index (κ3) is 2.34. The molecule has 2 aromatic rings. The van der Waals surface area contributed by atoms with E-state index in [0.717, 1.165) is 28.4 Å². The molecule has 0 aliphatic rings. The second-order valence-corrected chi connectivity index (χ2v) is 3.69. The van der Waals surface area contributed by atoms with Gasteiger partial charge in [-0.25, -0.2) is 0 Å². The highest BCUT2D eigenvalue weighted by Gasteiger charge is 1.99. The molecule has 3 heteroatoms. The van der Waals surface area contributed by atoms with Gasteiger partial charge >= 0.3 is 0 Å². The van der Waals surface area contributed by atoms with Crippen LogP contribution in [-0.4, -0.2) is 9.97 Å². The first-order chi connectivity index (χ1) is 7.29. The van der Waals surface area contributed by atoms with E-state index in [9.17, 15) is 0 Å². The Kier molecular flexibility index (Phi) is 2.97. The number of rotatable bonds is 2. The zero-order chi connectivity index (χ0) is 10.7. The molecule has 1 aromatic heterocycles. The molecule has 2 nitrogen and oxygen atoms in total. The number of benzene rings is 1. The van der Waals surface area contributed by atoms with Gasteiger partial charge in [0.15, 0.2) is 0 Å². The molecule has 1 heterocycles.